The van der Waals surface area contributed by atoms with Gasteiger partial charge in [0.2, 0.25) is 0 Å². The Hall–Kier alpha value is -2.67. The SMILES string of the molecule is COc1cncc(-c2cn3ccnc(N4CCOCC4)c3n2)c1. The highest BCUT2D eigenvalue weighted by Gasteiger charge is 2.17. The van der Waals surface area contributed by atoms with E-state index in [2.05, 4.69) is 14.9 Å². The molecule has 7 heteroatoms. The lowest BCUT2D eigenvalue weighted by molar-refractivity contribution is 0.122. The third-order valence-electron chi connectivity index (χ3n) is 3.91. The number of nitrogens with zero attached hydrogens (tertiary/aromatic N) is 5. The highest BCUT2D eigenvalue weighted by Crippen LogP contribution is 2.25. The highest BCUT2D eigenvalue weighted by molar-refractivity contribution is 5.70. The van der Waals surface area contributed by atoms with Crippen LogP contribution in [-0.2, 0) is 4.74 Å². The van der Waals surface area contributed by atoms with Gasteiger partial charge in [-0.25, -0.2) is 9.97 Å². The summed E-state index contributed by atoms with van der Waals surface area (Å²) in [6.45, 7) is 3.09. The van der Waals surface area contributed by atoms with Crippen LogP contribution in [0.2, 0.25) is 0 Å². The van der Waals surface area contributed by atoms with Crippen LogP contribution in [-0.4, -0.2) is 52.8 Å². The minimum atomic E-state index is 0.714. The minimum absolute atomic E-state index is 0.714. The summed E-state index contributed by atoms with van der Waals surface area (Å²) in [7, 11) is 1.63. The maximum absolute atomic E-state index is 5.41. The van der Waals surface area contributed by atoms with Crippen LogP contribution >= 0.6 is 0 Å². The van der Waals surface area contributed by atoms with E-state index >= 15 is 0 Å². The second kappa shape index (κ2) is 5.85. The maximum Gasteiger partial charge on any atom is 0.180 e. The average molecular weight is 311 g/mol. The van der Waals surface area contributed by atoms with Gasteiger partial charge in [-0.05, 0) is 6.07 Å². The summed E-state index contributed by atoms with van der Waals surface area (Å²) < 4.78 is 12.6. The summed E-state index contributed by atoms with van der Waals surface area (Å²) in [5.74, 6) is 1.60. The molecule has 0 unspecified atom stereocenters. The Kier molecular flexibility index (Phi) is 3.55. The number of hydrogen-bond acceptors (Lipinski definition) is 6. The summed E-state index contributed by atoms with van der Waals surface area (Å²) in [6, 6.07) is 1.93. The molecule has 0 amide bonds. The lowest BCUT2D eigenvalue weighted by Gasteiger charge is -2.27. The quantitative estimate of drug-likeness (QED) is 0.732. The molecule has 0 N–H and O–H groups in total. The fourth-order valence-electron chi connectivity index (χ4n) is 2.71. The zero-order valence-electron chi connectivity index (χ0n) is 12.8. The Morgan fingerprint density at radius 1 is 1.22 bits per heavy atom. The molecule has 4 rings (SSSR count). The smallest absolute Gasteiger partial charge is 0.180 e. The summed E-state index contributed by atoms with van der Waals surface area (Å²) in [5, 5.41) is 0. The molecular weight excluding hydrogens is 294 g/mol. The first-order valence-electron chi connectivity index (χ1n) is 7.51. The van der Waals surface area contributed by atoms with Crippen molar-refractivity contribution in [3.05, 3.63) is 37.1 Å². The van der Waals surface area contributed by atoms with Crippen molar-refractivity contribution >= 4 is 11.5 Å². The molecule has 0 atom stereocenters. The molecule has 0 radical (unpaired) electrons. The second-order valence-corrected chi connectivity index (χ2v) is 5.32. The fourth-order valence-corrected chi connectivity index (χ4v) is 2.71. The summed E-state index contributed by atoms with van der Waals surface area (Å²) in [5.41, 5.74) is 2.60. The minimum Gasteiger partial charge on any atom is -0.495 e. The Balaban J connectivity index is 1.78. The van der Waals surface area contributed by atoms with Crippen LogP contribution in [0.5, 0.6) is 5.75 Å². The number of hydrogen-bond donors (Lipinski definition) is 0. The van der Waals surface area contributed by atoms with Crippen molar-refractivity contribution in [1.82, 2.24) is 19.4 Å². The molecule has 0 aliphatic carbocycles. The van der Waals surface area contributed by atoms with Crippen molar-refractivity contribution in [2.24, 2.45) is 0 Å². The maximum atomic E-state index is 5.41. The van der Waals surface area contributed by atoms with Crippen LogP contribution in [0.3, 0.4) is 0 Å². The molecular formula is C16H17N5O2. The Bertz CT molecular complexity index is 826. The van der Waals surface area contributed by atoms with E-state index in [1.807, 2.05) is 22.9 Å². The number of aromatic nitrogens is 4. The van der Waals surface area contributed by atoms with Gasteiger partial charge in [-0.2, -0.15) is 0 Å². The third-order valence-corrected chi connectivity index (χ3v) is 3.91. The van der Waals surface area contributed by atoms with Crippen LogP contribution in [0.15, 0.2) is 37.1 Å². The molecule has 23 heavy (non-hydrogen) atoms. The van der Waals surface area contributed by atoms with Gasteiger partial charge in [-0.1, -0.05) is 0 Å². The average Bonchev–Trinajstić information content (AvgIpc) is 3.07. The van der Waals surface area contributed by atoms with Gasteiger partial charge in [0.05, 0.1) is 32.2 Å². The molecule has 4 heterocycles. The monoisotopic (exact) mass is 311 g/mol. The molecule has 7 nitrogen and oxygen atoms in total. The van der Waals surface area contributed by atoms with Gasteiger partial charge in [-0.15, -0.1) is 0 Å². The normalized spacial score (nSPS) is 15.1. The van der Waals surface area contributed by atoms with Crippen LogP contribution in [0, 0.1) is 0 Å². The Labute approximate surface area is 133 Å². The van der Waals surface area contributed by atoms with E-state index in [9.17, 15) is 0 Å². The van der Waals surface area contributed by atoms with Gasteiger partial charge in [-0.3, -0.25) is 4.98 Å². The number of pyridine rings is 1. The second-order valence-electron chi connectivity index (χ2n) is 5.32. The molecule has 0 bridgehead atoms. The topological polar surface area (TPSA) is 64.8 Å². The first kappa shape index (κ1) is 14.0. The molecule has 1 aliphatic heterocycles. The lowest BCUT2D eigenvalue weighted by Crippen LogP contribution is -2.37. The fraction of sp³-hybridized carbons (Fsp3) is 0.312. The largest absolute Gasteiger partial charge is 0.495 e. The molecule has 1 saturated heterocycles. The number of anilines is 1. The van der Waals surface area contributed by atoms with Gasteiger partial charge >= 0.3 is 0 Å². The molecule has 3 aromatic rings. The van der Waals surface area contributed by atoms with Gasteiger partial charge < -0.3 is 18.8 Å². The van der Waals surface area contributed by atoms with Crippen LogP contribution in [0.1, 0.15) is 0 Å². The van der Waals surface area contributed by atoms with Gasteiger partial charge in [0.1, 0.15) is 5.75 Å². The van der Waals surface area contributed by atoms with E-state index < -0.39 is 0 Å². The van der Waals surface area contributed by atoms with Crippen LogP contribution in [0.4, 0.5) is 5.82 Å². The van der Waals surface area contributed by atoms with Crippen LogP contribution < -0.4 is 9.64 Å². The van der Waals surface area contributed by atoms with Gasteiger partial charge in [0.15, 0.2) is 11.5 Å². The summed E-state index contributed by atoms with van der Waals surface area (Å²) in [6.07, 6.45) is 9.15. The number of morpholine rings is 1. The van der Waals surface area contributed by atoms with E-state index in [1.54, 1.807) is 25.7 Å². The standard InChI is InChI=1S/C16H17N5O2/c1-22-13-8-12(9-17-10-13)14-11-21-3-2-18-15(16(21)19-14)20-4-6-23-7-5-20/h2-3,8-11H,4-7H2,1H3. The zero-order valence-corrected chi connectivity index (χ0v) is 12.8. The Morgan fingerprint density at radius 2 is 2.09 bits per heavy atom. The molecule has 0 spiro atoms. The third kappa shape index (κ3) is 2.59. The molecule has 3 aromatic heterocycles. The van der Waals surface area contributed by atoms with Gasteiger partial charge in [0.25, 0.3) is 0 Å². The molecule has 118 valence electrons. The van der Waals surface area contributed by atoms with Crippen molar-refractivity contribution in [3.63, 3.8) is 0 Å². The number of ether oxygens (including phenoxy) is 2. The van der Waals surface area contributed by atoms with Crippen molar-refractivity contribution in [3.8, 4) is 17.0 Å². The number of rotatable bonds is 3. The first-order valence-corrected chi connectivity index (χ1v) is 7.51. The van der Waals surface area contributed by atoms with Gasteiger partial charge in [0, 0.05) is 43.4 Å². The molecule has 1 fully saturated rings. The lowest BCUT2D eigenvalue weighted by atomic mass is 10.2. The highest BCUT2D eigenvalue weighted by atomic mass is 16.5. The predicted molar refractivity (Wildman–Crippen MR) is 85.8 cm³/mol. The van der Waals surface area contributed by atoms with E-state index in [1.165, 1.54) is 0 Å². The van der Waals surface area contributed by atoms with E-state index in [4.69, 9.17) is 14.5 Å². The number of fused-ring (bicyclic) bond motifs is 1. The van der Waals surface area contributed by atoms with Crippen molar-refractivity contribution in [2.75, 3.05) is 38.3 Å². The number of methoxy groups -OCH3 is 1. The van der Waals surface area contributed by atoms with Crippen LogP contribution in [0.25, 0.3) is 16.9 Å². The van der Waals surface area contributed by atoms with E-state index in [0.29, 0.717) is 5.75 Å². The van der Waals surface area contributed by atoms with E-state index in [0.717, 1.165) is 49.0 Å². The van der Waals surface area contributed by atoms with Crippen molar-refractivity contribution < 1.29 is 9.47 Å². The number of imidazole rings is 1. The van der Waals surface area contributed by atoms with E-state index in [-0.39, 0.29) is 0 Å². The van der Waals surface area contributed by atoms with Crippen molar-refractivity contribution in [2.45, 2.75) is 0 Å². The molecule has 0 aromatic carbocycles. The van der Waals surface area contributed by atoms with Crippen molar-refractivity contribution in [1.29, 1.82) is 0 Å². The summed E-state index contributed by atoms with van der Waals surface area (Å²) >= 11 is 0. The molecule has 0 saturated carbocycles. The first-order chi connectivity index (χ1) is 11.3. The predicted octanol–water partition coefficient (Wildman–Crippen LogP) is 1.64. The molecule has 1 aliphatic rings. The summed E-state index contributed by atoms with van der Waals surface area (Å²) in [4.78, 5) is 15.7. The Morgan fingerprint density at radius 3 is 2.91 bits per heavy atom. The zero-order chi connectivity index (χ0) is 15.6.